The molecule has 0 spiro atoms. The van der Waals surface area contributed by atoms with Crippen molar-refractivity contribution >= 4 is 12.1 Å². The molecule has 3 rings (SSSR count). The molecule has 0 radical (unpaired) electrons. The van der Waals surface area contributed by atoms with Gasteiger partial charge in [0.2, 0.25) is 0 Å². The van der Waals surface area contributed by atoms with Crippen LogP contribution in [-0.4, -0.2) is 42.6 Å². The lowest BCUT2D eigenvalue weighted by Gasteiger charge is -2.22. The van der Waals surface area contributed by atoms with E-state index in [0.29, 0.717) is 0 Å². The van der Waals surface area contributed by atoms with Crippen molar-refractivity contribution in [2.75, 3.05) is 13.7 Å². The van der Waals surface area contributed by atoms with E-state index in [-0.39, 0.29) is 19.4 Å². The lowest BCUT2D eigenvalue weighted by atomic mass is 9.99. The first-order valence-corrected chi connectivity index (χ1v) is 7.85. The van der Waals surface area contributed by atoms with E-state index in [4.69, 9.17) is 4.74 Å². The molecule has 1 aliphatic carbocycles. The number of carbonyl (C=O) groups is 2. The monoisotopic (exact) mass is 339 g/mol. The maximum absolute atomic E-state index is 14.2. The molecule has 3 atom stereocenters. The van der Waals surface area contributed by atoms with Gasteiger partial charge in [-0.25, -0.2) is 13.6 Å². The highest BCUT2D eigenvalue weighted by molar-refractivity contribution is 5.74. The van der Waals surface area contributed by atoms with Gasteiger partial charge >= 0.3 is 12.1 Å². The Morgan fingerprint density at radius 1 is 1.25 bits per heavy atom. The van der Waals surface area contributed by atoms with Gasteiger partial charge < -0.3 is 9.47 Å². The van der Waals surface area contributed by atoms with Gasteiger partial charge in [0.05, 0.1) is 19.6 Å². The molecule has 2 fully saturated rings. The topological polar surface area (TPSA) is 55.8 Å². The van der Waals surface area contributed by atoms with Crippen LogP contribution in [0.1, 0.15) is 18.4 Å². The summed E-state index contributed by atoms with van der Waals surface area (Å²) in [5.41, 5.74) is 0.784. The number of nitrogens with zero attached hydrogens (tertiary/aromatic N) is 1. The van der Waals surface area contributed by atoms with Crippen LogP contribution in [0.3, 0.4) is 0 Å². The predicted molar refractivity (Wildman–Crippen MR) is 80.3 cm³/mol. The van der Waals surface area contributed by atoms with Gasteiger partial charge in [-0.15, -0.1) is 0 Å². The smallest absolute Gasteiger partial charge is 0.410 e. The van der Waals surface area contributed by atoms with E-state index in [0.717, 1.165) is 10.5 Å². The first kappa shape index (κ1) is 16.7. The lowest BCUT2D eigenvalue weighted by molar-refractivity contribution is -0.145. The molecule has 1 aliphatic heterocycles. The van der Waals surface area contributed by atoms with Crippen molar-refractivity contribution < 1.29 is 27.8 Å². The molecule has 5 nitrogen and oxygen atoms in total. The fourth-order valence-electron chi connectivity index (χ4n) is 3.64. The minimum atomic E-state index is -3.01. The van der Waals surface area contributed by atoms with Crippen molar-refractivity contribution in [2.24, 2.45) is 11.8 Å². The largest absolute Gasteiger partial charge is 0.469 e. The van der Waals surface area contributed by atoms with Crippen LogP contribution in [-0.2, 0) is 20.9 Å². The van der Waals surface area contributed by atoms with Crippen molar-refractivity contribution in [2.45, 2.75) is 31.4 Å². The molecule has 0 N–H and O–H groups in total. The number of hydrogen-bond donors (Lipinski definition) is 0. The van der Waals surface area contributed by atoms with Gasteiger partial charge in [-0.1, -0.05) is 30.3 Å². The SMILES string of the molecule is COC(=O)C1CC2C(C1)C(F)(F)CN2C(=O)OCc1ccccc1. The van der Waals surface area contributed by atoms with Crippen molar-refractivity contribution in [1.82, 2.24) is 4.90 Å². The molecule has 0 aromatic heterocycles. The number of alkyl halides is 2. The van der Waals surface area contributed by atoms with Gasteiger partial charge in [-0.2, -0.15) is 0 Å². The molecule has 1 saturated heterocycles. The number of halogens is 2. The van der Waals surface area contributed by atoms with E-state index in [9.17, 15) is 18.4 Å². The number of carbonyl (C=O) groups excluding carboxylic acids is 2. The highest BCUT2D eigenvalue weighted by Crippen LogP contribution is 2.49. The number of hydrogen-bond acceptors (Lipinski definition) is 4. The van der Waals surface area contributed by atoms with E-state index in [2.05, 4.69) is 4.74 Å². The molecular formula is C17H19F2NO4. The number of esters is 1. The Hall–Kier alpha value is -2.18. The lowest BCUT2D eigenvalue weighted by Crippen LogP contribution is -2.37. The zero-order valence-electron chi connectivity index (χ0n) is 13.3. The van der Waals surface area contributed by atoms with Gasteiger partial charge in [-0.05, 0) is 18.4 Å². The number of benzene rings is 1. The van der Waals surface area contributed by atoms with Crippen molar-refractivity contribution in [3.05, 3.63) is 35.9 Å². The van der Waals surface area contributed by atoms with Gasteiger partial charge in [0, 0.05) is 12.0 Å². The average molecular weight is 339 g/mol. The van der Waals surface area contributed by atoms with Crippen LogP contribution in [0.4, 0.5) is 13.6 Å². The van der Waals surface area contributed by atoms with E-state index in [1.54, 1.807) is 24.3 Å². The Morgan fingerprint density at radius 3 is 2.62 bits per heavy atom. The molecule has 1 aromatic rings. The van der Waals surface area contributed by atoms with Crippen LogP contribution in [0.2, 0.25) is 0 Å². The van der Waals surface area contributed by atoms with Crippen LogP contribution in [0, 0.1) is 11.8 Å². The van der Waals surface area contributed by atoms with Gasteiger partial charge in [0.1, 0.15) is 6.61 Å². The van der Waals surface area contributed by atoms with E-state index < -0.39 is 42.4 Å². The molecule has 1 aromatic carbocycles. The summed E-state index contributed by atoms with van der Waals surface area (Å²) < 4.78 is 38.2. The van der Waals surface area contributed by atoms with Gasteiger partial charge in [-0.3, -0.25) is 9.69 Å². The highest BCUT2D eigenvalue weighted by Gasteiger charge is 2.61. The summed E-state index contributed by atoms with van der Waals surface area (Å²) >= 11 is 0. The van der Waals surface area contributed by atoms with Crippen molar-refractivity contribution in [3.63, 3.8) is 0 Å². The van der Waals surface area contributed by atoms with Gasteiger partial charge in [0.25, 0.3) is 5.92 Å². The zero-order valence-corrected chi connectivity index (χ0v) is 13.3. The first-order chi connectivity index (χ1) is 11.4. The number of amides is 1. The number of rotatable bonds is 3. The average Bonchev–Trinajstić information content (AvgIpc) is 3.12. The Kier molecular flexibility index (Phi) is 4.43. The van der Waals surface area contributed by atoms with Gasteiger partial charge in [0.15, 0.2) is 0 Å². The Balaban J connectivity index is 1.67. The second-order valence-electron chi connectivity index (χ2n) is 6.29. The molecule has 130 valence electrons. The van der Waals surface area contributed by atoms with Crippen LogP contribution in [0.5, 0.6) is 0 Å². The zero-order chi connectivity index (χ0) is 17.3. The van der Waals surface area contributed by atoms with Crippen molar-refractivity contribution in [3.8, 4) is 0 Å². The Bertz CT molecular complexity index is 622. The minimum absolute atomic E-state index is 0.0273. The molecule has 3 unspecified atom stereocenters. The summed E-state index contributed by atoms with van der Waals surface area (Å²) in [4.78, 5) is 25.0. The third-order valence-corrected chi connectivity index (χ3v) is 4.83. The third-order valence-electron chi connectivity index (χ3n) is 4.83. The molecular weight excluding hydrogens is 320 g/mol. The van der Waals surface area contributed by atoms with Crippen LogP contribution < -0.4 is 0 Å². The summed E-state index contributed by atoms with van der Waals surface area (Å²) in [6, 6.07) is 8.34. The number of fused-ring (bicyclic) bond motifs is 1. The quantitative estimate of drug-likeness (QED) is 0.795. The summed E-state index contributed by atoms with van der Waals surface area (Å²) in [5.74, 6) is -5.14. The maximum atomic E-state index is 14.2. The Labute approximate surface area is 138 Å². The maximum Gasteiger partial charge on any atom is 0.410 e. The second-order valence-corrected chi connectivity index (χ2v) is 6.29. The summed E-state index contributed by atoms with van der Waals surface area (Å²) in [5, 5.41) is 0. The highest BCUT2D eigenvalue weighted by atomic mass is 19.3. The molecule has 7 heteroatoms. The summed E-state index contributed by atoms with van der Waals surface area (Å²) in [7, 11) is 1.24. The minimum Gasteiger partial charge on any atom is -0.469 e. The first-order valence-electron chi connectivity index (χ1n) is 7.85. The molecule has 2 aliphatic rings. The third kappa shape index (κ3) is 3.07. The van der Waals surface area contributed by atoms with E-state index in [1.165, 1.54) is 7.11 Å². The summed E-state index contributed by atoms with van der Waals surface area (Å²) in [6.45, 7) is -0.636. The number of likely N-dealkylation sites (tertiary alicyclic amines) is 1. The predicted octanol–water partition coefficient (Wildman–Crippen LogP) is 2.84. The van der Waals surface area contributed by atoms with E-state index in [1.807, 2.05) is 6.07 Å². The fraction of sp³-hybridized carbons (Fsp3) is 0.529. The van der Waals surface area contributed by atoms with Crippen LogP contribution in [0.15, 0.2) is 30.3 Å². The van der Waals surface area contributed by atoms with E-state index >= 15 is 0 Å². The van der Waals surface area contributed by atoms with Crippen LogP contribution in [0.25, 0.3) is 0 Å². The Morgan fingerprint density at radius 2 is 1.96 bits per heavy atom. The normalized spacial score (nSPS) is 27.6. The molecule has 0 bridgehead atoms. The second kappa shape index (κ2) is 6.37. The molecule has 24 heavy (non-hydrogen) atoms. The number of methoxy groups -OCH3 is 1. The van der Waals surface area contributed by atoms with Crippen molar-refractivity contribution in [1.29, 1.82) is 0 Å². The molecule has 1 amide bonds. The fourth-order valence-corrected chi connectivity index (χ4v) is 3.64. The molecule has 1 heterocycles. The standard InChI is InChI=1S/C17H19F2NO4/c1-23-15(21)12-7-13-14(8-12)20(10-17(13,18)19)16(22)24-9-11-5-3-2-4-6-11/h2-6,12-14H,7-10H2,1H3. The number of ether oxygens (including phenoxy) is 2. The van der Waals surface area contributed by atoms with Crippen LogP contribution >= 0.6 is 0 Å². The summed E-state index contributed by atoms with van der Waals surface area (Å²) in [6.07, 6.45) is -0.545. The molecule has 1 saturated carbocycles.